The topological polar surface area (TPSA) is 70.2 Å². The number of furan rings is 1. The van der Waals surface area contributed by atoms with Crippen molar-refractivity contribution in [2.75, 3.05) is 6.61 Å². The van der Waals surface area contributed by atoms with Crippen LogP contribution in [0.4, 0.5) is 0 Å². The fourth-order valence-corrected chi connectivity index (χ4v) is 1.82. The Morgan fingerprint density at radius 1 is 1.56 bits per heavy atom. The van der Waals surface area contributed by atoms with Gasteiger partial charge in [-0.3, -0.25) is 0 Å². The van der Waals surface area contributed by atoms with E-state index in [1.807, 2.05) is 6.07 Å². The molecule has 0 bridgehead atoms. The second kappa shape index (κ2) is 5.34. The number of nitrogens with zero attached hydrogens (tertiary/aromatic N) is 3. The summed E-state index contributed by atoms with van der Waals surface area (Å²) in [5.74, 6) is 0.271. The highest BCUT2D eigenvalue weighted by Crippen LogP contribution is 2.16. The summed E-state index contributed by atoms with van der Waals surface area (Å²) >= 11 is 3.23. The van der Waals surface area contributed by atoms with E-state index in [0.717, 1.165) is 5.76 Å². The Labute approximate surface area is 112 Å². The van der Waals surface area contributed by atoms with Crippen LogP contribution in [0, 0.1) is 6.92 Å². The van der Waals surface area contributed by atoms with Crippen molar-refractivity contribution >= 4 is 21.9 Å². The van der Waals surface area contributed by atoms with Gasteiger partial charge in [-0.25, -0.2) is 9.48 Å². The average molecular weight is 314 g/mol. The number of ether oxygens (including phenoxy) is 1. The van der Waals surface area contributed by atoms with E-state index >= 15 is 0 Å². The average Bonchev–Trinajstić information content (AvgIpc) is 2.88. The molecule has 0 aliphatic heterocycles. The summed E-state index contributed by atoms with van der Waals surface area (Å²) in [6.07, 6.45) is 0. The zero-order valence-electron chi connectivity index (χ0n) is 10.0. The molecule has 0 atom stereocenters. The molecule has 0 fully saturated rings. The third kappa shape index (κ3) is 2.61. The molecule has 0 amide bonds. The highest BCUT2D eigenvalue weighted by atomic mass is 79.9. The largest absolute Gasteiger partial charge is 0.461 e. The number of carbonyl (C=O) groups excluding carboxylic acids is 1. The third-order valence-electron chi connectivity index (χ3n) is 2.39. The highest BCUT2D eigenvalue weighted by molar-refractivity contribution is 9.10. The van der Waals surface area contributed by atoms with Gasteiger partial charge in [0.2, 0.25) is 0 Å². The normalized spacial score (nSPS) is 10.6. The van der Waals surface area contributed by atoms with Crippen molar-refractivity contribution in [2.45, 2.75) is 20.4 Å². The van der Waals surface area contributed by atoms with Crippen LogP contribution in [0.25, 0.3) is 0 Å². The number of rotatable bonds is 4. The summed E-state index contributed by atoms with van der Waals surface area (Å²) < 4.78 is 12.5. The molecule has 18 heavy (non-hydrogen) atoms. The van der Waals surface area contributed by atoms with Crippen molar-refractivity contribution in [2.24, 2.45) is 0 Å². The first kappa shape index (κ1) is 12.8. The van der Waals surface area contributed by atoms with Crippen LogP contribution in [0.2, 0.25) is 0 Å². The van der Waals surface area contributed by atoms with Crippen LogP contribution in [0.1, 0.15) is 28.9 Å². The molecule has 2 aromatic rings. The molecule has 0 aliphatic rings. The molecular formula is C11H12BrN3O3. The predicted molar refractivity (Wildman–Crippen MR) is 66.2 cm³/mol. The first-order valence-corrected chi connectivity index (χ1v) is 6.22. The molecule has 0 N–H and O–H groups in total. The Bertz CT molecular complexity index is 562. The van der Waals surface area contributed by atoms with Crippen LogP contribution in [0.5, 0.6) is 0 Å². The molecule has 0 unspecified atom stereocenters. The number of aromatic nitrogens is 3. The van der Waals surface area contributed by atoms with Crippen LogP contribution in [0.3, 0.4) is 0 Å². The summed E-state index contributed by atoms with van der Waals surface area (Å²) in [6.45, 7) is 4.25. The lowest BCUT2D eigenvalue weighted by molar-refractivity contribution is 0.0518. The second-order valence-corrected chi connectivity index (χ2v) is 4.39. The van der Waals surface area contributed by atoms with Crippen molar-refractivity contribution in [3.05, 3.63) is 34.0 Å². The van der Waals surface area contributed by atoms with E-state index in [1.165, 1.54) is 0 Å². The lowest BCUT2D eigenvalue weighted by Gasteiger charge is -2.01. The molecule has 0 saturated heterocycles. The van der Waals surface area contributed by atoms with Crippen LogP contribution in [0.15, 0.2) is 21.2 Å². The van der Waals surface area contributed by atoms with Gasteiger partial charge in [-0.2, -0.15) is 0 Å². The lowest BCUT2D eigenvalue weighted by atomic mass is 10.3. The molecule has 0 aliphatic carbocycles. The van der Waals surface area contributed by atoms with Crippen molar-refractivity contribution in [1.29, 1.82) is 0 Å². The maximum Gasteiger partial charge on any atom is 0.360 e. The van der Waals surface area contributed by atoms with Gasteiger partial charge in [0, 0.05) is 0 Å². The summed E-state index contributed by atoms with van der Waals surface area (Å²) in [5, 5.41) is 7.74. The maximum absolute atomic E-state index is 11.6. The van der Waals surface area contributed by atoms with Crippen LogP contribution in [-0.4, -0.2) is 27.6 Å². The summed E-state index contributed by atoms with van der Waals surface area (Å²) in [4.78, 5) is 11.6. The van der Waals surface area contributed by atoms with Gasteiger partial charge in [0.1, 0.15) is 12.3 Å². The van der Waals surface area contributed by atoms with Gasteiger partial charge >= 0.3 is 5.97 Å². The fraction of sp³-hybridized carbons (Fsp3) is 0.364. The molecule has 2 aromatic heterocycles. The van der Waals surface area contributed by atoms with E-state index in [4.69, 9.17) is 9.15 Å². The van der Waals surface area contributed by atoms with Crippen molar-refractivity contribution in [3.63, 3.8) is 0 Å². The standard InChI is InChI=1S/C11H12BrN3O3/c1-3-17-11(16)10-7(2)15(14-13-10)6-8-4-5-9(12)18-8/h4-5H,3,6H2,1-2H3. The molecule has 0 spiro atoms. The number of esters is 1. The predicted octanol–water partition coefficient (Wildman–Crippen LogP) is 2.17. The second-order valence-electron chi connectivity index (χ2n) is 3.61. The molecule has 6 nitrogen and oxygen atoms in total. The van der Waals surface area contributed by atoms with Crippen molar-refractivity contribution in [1.82, 2.24) is 15.0 Å². The Morgan fingerprint density at radius 3 is 2.94 bits per heavy atom. The molecule has 0 aromatic carbocycles. The number of hydrogen-bond donors (Lipinski definition) is 0. The minimum atomic E-state index is -0.457. The number of carbonyl (C=O) groups is 1. The summed E-state index contributed by atoms with van der Waals surface area (Å²) in [7, 11) is 0. The SMILES string of the molecule is CCOC(=O)c1nnn(Cc2ccc(Br)o2)c1C. The summed E-state index contributed by atoms with van der Waals surface area (Å²) in [6, 6.07) is 3.63. The van der Waals surface area contributed by atoms with Gasteiger partial charge in [0.05, 0.1) is 12.3 Å². The lowest BCUT2D eigenvalue weighted by Crippen LogP contribution is -2.08. The van der Waals surface area contributed by atoms with Crippen molar-refractivity contribution in [3.8, 4) is 0 Å². The van der Waals surface area contributed by atoms with Crippen LogP contribution in [-0.2, 0) is 11.3 Å². The van der Waals surface area contributed by atoms with Gasteiger partial charge in [-0.1, -0.05) is 5.21 Å². The zero-order chi connectivity index (χ0) is 13.1. The Hall–Kier alpha value is -1.63. The van der Waals surface area contributed by atoms with E-state index in [0.29, 0.717) is 23.5 Å². The van der Waals surface area contributed by atoms with Gasteiger partial charge < -0.3 is 9.15 Å². The smallest absolute Gasteiger partial charge is 0.360 e. The van der Waals surface area contributed by atoms with Gasteiger partial charge in [0.15, 0.2) is 10.4 Å². The van der Waals surface area contributed by atoms with E-state index in [1.54, 1.807) is 24.6 Å². The highest BCUT2D eigenvalue weighted by Gasteiger charge is 2.18. The molecule has 96 valence electrons. The monoisotopic (exact) mass is 313 g/mol. The fourth-order valence-electron chi connectivity index (χ4n) is 1.48. The molecule has 7 heteroatoms. The van der Waals surface area contributed by atoms with Gasteiger partial charge in [-0.05, 0) is 41.9 Å². The minimum absolute atomic E-state index is 0.238. The van der Waals surface area contributed by atoms with E-state index < -0.39 is 5.97 Å². The summed E-state index contributed by atoms with van der Waals surface area (Å²) in [5.41, 5.74) is 0.892. The Kier molecular flexibility index (Phi) is 3.81. The van der Waals surface area contributed by atoms with E-state index in [9.17, 15) is 4.79 Å². The molecule has 2 heterocycles. The van der Waals surface area contributed by atoms with Crippen LogP contribution < -0.4 is 0 Å². The van der Waals surface area contributed by atoms with Gasteiger partial charge in [0.25, 0.3) is 0 Å². The van der Waals surface area contributed by atoms with E-state index in [2.05, 4.69) is 26.2 Å². The van der Waals surface area contributed by atoms with Crippen molar-refractivity contribution < 1.29 is 13.9 Å². The molecule has 0 radical (unpaired) electrons. The van der Waals surface area contributed by atoms with E-state index in [-0.39, 0.29) is 5.69 Å². The minimum Gasteiger partial charge on any atom is -0.461 e. The maximum atomic E-state index is 11.6. The molecule has 2 rings (SSSR count). The molecule has 0 saturated carbocycles. The zero-order valence-corrected chi connectivity index (χ0v) is 11.6. The van der Waals surface area contributed by atoms with Gasteiger partial charge in [-0.15, -0.1) is 5.10 Å². The first-order valence-electron chi connectivity index (χ1n) is 5.43. The first-order chi connectivity index (χ1) is 8.61. The Balaban J connectivity index is 2.18. The molecular weight excluding hydrogens is 302 g/mol. The number of halogens is 1. The third-order valence-corrected chi connectivity index (χ3v) is 2.81. The Morgan fingerprint density at radius 2 is 2.33 bits per heavy atom. The van der Waals surface area contributed by atoms with Crippen LogP contribution >= 0.6 is 15.9 Å². The number of hydrogen-bond acceptors (Lipinski definition) is 5. The quantitative estimate of drug-likeness (QED) is 0.809.